The molecule has 0 saturated carbocycles. The number of nitrogens with zero attached hydrogens (tertiary/aromatic N) is 1. The Morgan fingerprint density at radius 2 is 2.05 bits per heavy atom. The molecule has 1 aromatic carbocycles. The van der Waals surface area contributed by atoms with Crippen molar-refractivity contribution in [3.05, 3.63) is 35.6 Å². The number of rotatable bonds is 5. The third-order valence-corrected chi connectivity index (χ3v) is 3.20. The second kappa shape index (κ2) is 8.12. The first-order valence-corrected chi connectivity index (χ1v) is 6.17. The number of hydrogen-bond donors (Lipinski definition) is 1. The Labute approximate surface area is 120 Å². The highest BCUT2D eigenvalue weighted by atomic mass is 35.5. The van der Waals surface area contributed by atoms with E-state index in [0.29, 0.717) is 13.0 Å². The van der Waals surface area contributed by atoms with Crippen LogP contribution in [0.5, 0.6) is 0 Å². The van der Waals surface area contributed by atoms with Crippen molar-refractivity contribution in [2.24, 2.45) is 11.7 Å². The minimum Gasteiger partial charge on any atom is -0.342 e. The number of likely N-dealkylation sites (N-methyl/N-ethyl adjacent to an activating group) is 1. The summed E-state index contributed by atoms with van der Waals surface area (Å²) in [5.74, 6) is -0.404. The van der Waals surface area contributed by atoms with Crippen LogP contribution in [0.3, 0.4) is 0 Å². The standard InChI is InChI=1S/C14H21FN2O.ClH/c1-10(14(18)17(3)11(2)9-16)7-12-5-4-6-13(15)8-12;/h4-6,8,10-11H,7,9,16H2,1-3H3;1H. The van der Waals surface area contributed by atoms with E-state index in [1.807, 2.05) is 19.9 Å². The van der Waals surface area contributed by atoms with Crippen molar-refractivity contribution >= 4 is 18.3 Å². The van der Waals surface area contributed by atoms with Crippen molar-refractivity contribution in [2.45, 2.75) is 26.3 Å². The molecule has 2 atom stereocenters. The summed E-state index contributed by atoms with van der Waals surface area (Å²) in [5.41, 5.74) is 6.38. The number of benzene rings is 1. The van der Waals surface area contributed by atoms with Crippen molar-refractivity contribution < 1.29 is 9.18 Å². The first-order chi connectivity index (χ1) is 8.45. The Morgan fingerprint density at radius 3 is 2.58 bits per heavy atom. The van der Waals surface area contributed by atoms with E-state index in [1.54, 1.807) is 18.0 Å². The van der Waals surface area contributed by atoms with Crippen LogP contribution in [0.1, 0.15) is 19.4 Å². The highest BCUT2D eigenvalue weighted by Crippen LogP contribution is 2.13. The van der Waals surface area contributed by atoms with Crippen molar-refractivity contribution in [3.63, 3.8) is 0 Å². The van der Waals surface area contributed by atoms with E-state index in [9.17, 15) is 9.18 Å². The van der Waals surface area contributed by atoms with Crippen LogP contribution in [-0.4, -0.2) is 30.4 Å². The van der Waals surface area contributed by atoms with Gasteiger partial charge in [0.15, 0.2) is 0 Å². The molecule has 0 aliphatic rings. The Bertz CT molecular complexity index is 414. The first-order valence-electron chi connectivity index (χ1n) is 6.17. The molecule has 2 unspecified atom stereocenters. The van der Waals surface area contributed by atoms with E-state index in [-0.39, 0.29) is 36.1 Å². The fourth-order valence-electron chi connectivity index (χ4n) is 1.83. The van der Waals surface area contributed by atoms with Gasteiger partial charge in [-0.25, -0.2) is 4.39 Å². The number of carbonyl (C=O) groups is 1. The van der Waals surface area contributed by atoms with Crippen molar-refractivity contribution in [1.82, 2.24) is 4.90 Å². The lowest BCUT2D eigenvalue weighted by Crippen LogP contribution is -2.42. The molecule has 19 heavy (non-hydrogen) atoms. The molecule has 5 heteroatoms. The van der Waals surface area contributed by atoms with Gasteiger partial charge in [-0.2, -0.15) is 0 Å². The minimum atomic E-state index is -0.268. The van der Waals surface area contributed by atoms with Gasteiger partial charge >= 0.3 is 0 Å². The molecule has 0 bridgehead atoms. The summed E-state index contributed by atoms with van der Waals surface area (Å²) in [6.07, 6.45) is 0.540. The third kappa shape index (κ3) is 5.17. The maximum atomic E-state index is 13.0. The first kappa shape index (κ1) is 17.9. The largest absolute Gasteiger partial charge is 0.342 e. The molecular weight excluding hydrogens is 267 g/mol. The van der Waals surface area contributed by atoms with Crippen LogP contribution < -0.4 is 5.73 Å². The van der Waals surface area contributed by atoms with Gasteiger partial charge < -0.3 is 10.6 Å². The van der Waals surface area contributed by atoms with Crippen molar-refractivity contribution in [1.29, 1.82) is 0 Å². The van der Waals surface area contributed by atoms with E-state index in [0.717, 1.165) is 5.56 Å². The zero-order chi connectivity index (χ0) is 13.7. The highest BCUT2D eigenvalue weighted by Gasteiger charge is 2.21. The fraction of sp³-hybridized carbons (Fsp3) is 0.500. The van der Waals surface area contributed by atoms with E-state index < -0.39 is 0 Å². The van der Waals surface area contributed by atoms with Crippen molar-refractivity contribution in [2.75, 3.05) is 13.6 Å². The minimum absolute atomic E-state index is 0. The predicted molar refractivity (Wildman–Crippen MR) is 77.8 cm³/mol. The quantitative estimate of drug-likeness (QED) is 0.903. The lowest BCUT2D eigenvalue weighted by atomic mass is 9.99. The number of amides is 1. The molecule has 0 aliphatic heterocycles. The monoisotopic (exact) mass is 288 g/mol. The molecule has 0 radical (unpaired) electrons. The van der Waals surface area contributed by atoms with Crippen LogP contribution in [0.4, 0.5) is 4.39 Å². The van der Waals surface area contributed by atoms with Crippen LogP contribution in [0, 0.1) is 11.7 Å². The van der Waals surface area contributed by atoms with Gasteiger partial charge in [0.05, 0.1) is 0 Å². The maximum Gasteiger partial charge on any atom is 0.225 e. The van der Waals surface area contributed by atoms with Gasteiger partial charge in [0.1, 0.15) is 5.82 Å². The van der Waals surface area contributed by atoms with Crippen LogP contribution in [-0.2, 0) is 11.2 Å². The van der Waals surface area contributed by atoms with Crippen LogP contribution in [0.25, 0.3) is 0 Å². The predicted octanol–water partition coefficient (Wildman–Crippen LogP) is 2.23. The van der Waals surface area contributed by atoms with E-state index in [4.69, 9.17) is 5.73 Å². The van der Waals surface area contributed by atoms with Crippen molar-refractivity contribution in [3.8, 4) is 0 Å². The molecule has 3 nitrogen and oxygen atoms in total. The molecule has 1 rings (SSSR count). The topological polar surface area (TPSA) is 46.3 Å². The van der Waals surface area contributed by atoms with Gasteiger partial charge in [-0.1, -0.05) is 19.1 Å². The van der Waals surface area contributed by atoms with Gasteiger partial charge in [0.25, 0.3) is 0 Å². The Hall–Kier alpha value is -1.13. The zero-order valence-corrected chi connectivity index (χ0v) is 12.4. The Morgan fingerprint density at radius 1 is 1.42 bits per heavy atom. The number of nitrogens with two attached hydrogens (primary N) is 1. The molecule has 0 heterocycles. The summed E-state index contributed by atoms with van der Waals surface area (Å²) in [4.78, 5) is 13.8. The molecule has 108 valence electrons. The molecule has 0 saturated heterocycles. The Balaban J connectivity index is 0.00000324. The smallest absolute Gasteiger partial charge is 0.225 e. The van der Waals surface area contributed by atoms with Gasteiger partial charge in [0.2, 0.25) is 5.91 Å². The SMILES string of the molecule is CC(Cc1cccc(F)c1)C(=O)N(C)C(C)CN.Cl. The molecule has 0 aliphatic carbocycles. The fourth-order valence-corrected chi connectivity index (χ4v) is 1.83. The molecule has 1 amide bonds. The van der Waals surface area contributed by atoms with Crippen LogP contribution in [0.2, 0.25) is 0 Å². The van der Waals surface area contributed by atoms with Crippen LogP contribution >= 0.6 is 12.4 Å². The van der Waals surface area contributed by atoms with Gasteiger partial charge in [0, 0.05) is 25.6 Å². The van der Waals surface area contributed by atoms with E-state index in [2.05, 4.69) is 0 Å². The second-order valence-corrected chi connectivity index (χ2v) is 4.77. The average Bonchev–Trinajstić information content (AvgIpc) is 2.36. The second-order valence-electron chi connectivity index (χ2n) is 4.77. The summed E-state index contributed by atoms with van der Waals surface area (Å²) >= 11 is 0. The number of hydrogen-bond acceptors (Lipinski definition) is 2. The maximum absolute atomic E-state index is 13.0. The lowest BCUT2D eigenvalue weighted by molar-refractivity contribution is -0.135. The molecule has 0 spiro atoms. The Kier molecular flexibility index (Phi) is 7.64. The summed E-state index contributed by atoms with van der Waals surface area (Å²) < 4.78 is 13.0. The van der Waals surface area contributed by atoms with E-state index >= 15 is 0 Å². The molecular formula is C14H22ClFN2O. The summed E-state index contributed by atoms with van der Waals surface area (Å²) in [7, 11) is 1.75. The summed E-state index contributed by atoms with van der Waals surface area (Å²) in [6.45, 7) is 4.20. The van der Waals surface area contributed by atoms with Gasteiger partial charge in [-0.05, 0) is 31.0 Å². The number of carbonyl (C=O) groups excluding carboxylic acids is 1. The third-order valence-electron chi connectivity index (χ3n) is 3.20. The normalized spacial score (nSPS) is 13.3. The van der Waals surface area contributed by atoms with Crippen LogP contribution in [0.15, 0.2) is 24.3 Å². The number of halogens is 2. The zero-order valence-electron chi connectivity index (χ0n) is 11.6. The molecule has 0 aromatic heterocycles. The summed E-state index contributed by atoms with van der Waals surface area (Å²) in [6, 6.07) is 6.38. The molecule has 1 aromatic rings. The molecule has 2 N–H and O–H groups in total. The molecule has 0 fully saturated rings. The highest BCUT2D eigenvalue weighted by molar-refractivity contribution is 5.85. The lowest BCUT2D eigenvalue weighted by Gasteiger charge is -2.26. The van der Waals surface area contributed by atoms with Gasteiger partial charge in [-0.3, -0.25) is 4.79 Å². The van der Waals surface area contributed by atoms with E-state index in [1.165, 1.54) is 12.1 Å². The summed E-state index contributed by atoms with van der Waals surface area (Å²) in [5, 5.41) is 0. The average molecular weight is 289 g/mol. The van der Waals surface area contributed by atoms with Gasteiger partial charge in [-0.15, -0.1) is 12.4 Å².